The summed E-state index contributed by atoms with van der Waals surface area (Å²) in [4.78, 5) is 0. The molecule has 5 heteroatoms. The van der Waals surface area contributed by atoms with Crippen molar-refractivity contribution in [1.29, 1.82) is 0 Å². The summed E-state index contributed by atoms with van der Waals surface area (Å²) in [5.74, 6) is 1.61. The van der Waals surface area contributed by atoms with Crippen molar-refractivity contribution in [2.45, 2.75) is 33.7 Å². The van der Waals surface area contributed by atoms with Crippen molar-refractivity contribution >= 4 is 0 Å². The first-order valence-electron chi connectivity index (χ1n) is 6.78. The van der Waals surface area contributed by atoms with Crippen molar-refractivity contribution in [3.63, 3.8) is 0 Å². The average molecular weight is 469 g/mol. The molecule has 0 amide bonds. The summed E-state index contributed by atoms with van der Waals surface area (Å²) in [7, 11) is 3.35. The first kappa shape index (κ1) is 17.8. The van der Waals surface area contributed by atoms with Gasteiger partial charge >= 0.3 is 0 Å². The quantitative estimate of drug-likeness (QED) is 0.684. The molecule has 0 aliphatic rings. The van der Waals surface area contributed by atoms with Gasteiger partial charge in [0.15, 0.2) is 0 Å². The predicted molar refractivity (Wildman–Crippen MR) is 80.6 cm³/mol. The zero-order chi connectivity index (χ0) is 14.9. The topological polar surface area (TPSA) is 36.3 Å². The molecule has 118 valence electrons. The van der Waals surface area contributed by atoms with Gasteiger partial charge in [-0.2, -0.15) is 5.10 Å². The number of aryl methyl sites for hydroxylation is 1. The number of ether oxygens (including phenoxy) is 2. The number of nitrogens with zero attached hydrogens (tertiary/aromatic N) is 2. The van der Waals surface area contributed by atoms with Gasteiger partial charge in [0.2, 0.25) is 0 Å². The molecule has 0 saturated heterocycles. The molecule has 0 aliphatic heterocycles. The second-order valence-electron chi connectivity index (χ2n) is 5.12. The molecule has 0 fully saturated rings. The Balaban J connectivity index is 0.00000220. The largest absolute Gasteiger partial charge is 0.496 e. The molecule has 0 spiro atoms. The SMILES string of the molecule is COc1cccc(OC)c1-c1c(C)nn(C(C)C)c1C.[Pt]. The van der Waals surface area contributed by atoms with E-state index in [4.69, 9.17) is 9.47 Å². The molecule has 0 bridgehead atoms. The van der Waals surface area contributed by atoms with Crippen LogP contribution >= 0.6 is 0 Å². The van der Waals surface area contributed by atoms with E-state index in [1.54, 1.807) is 14.2 Å². The molecule has 4 nitrogen and oxygen atoms in total. The Morgan fingerprint density at radius 1 is 1.00 bits per heavy atom. The molecule has 0 aliphatic carbocycles. The minimum absolute atomic E-state index is 0. The number of rotatable bonds is 4. The first-order chi connectivity index (χ1) is 9.51. The maximum atomic E-state index is 5.50. The van der Waals surface area contributed by atoms with Crippen molar-refractivity contribution < 1.29 is 30.5 Å². The van der Waals surface area contributed by atoms with E-state index in [0.29, 0.717) is 6.04 Å². The van der Waals surface area contributed by atoms with Gasteiger partial charge in [-0.15, -0.1) is 0 Å². The molecular formula is C16H22N2O2Pt. The third-order valence-corrected chi connectivity index (χ3v) is 3.49. The van der Waals surface area contributed by atoms with E-state index >= 15 is 0 Å². The number of hydrogen-bond acceptors (Lipinski definition) is 3. The summed E-state index contributed by atoms with van der Waals surface area (Å²) in [5, 5.41) is 4.64. The van der Waals surface area contributed by atoms with Gasteiger partial charge in [0.1, 0.15) is 11.5 Å². The molecule has 1 aromatic carbocycles. The fourth-order valence-electron chi connectivity index (χ4n) is 2.63. The Labute approximate surface area is 140 Å². The number of benzene rings is 1. The molecule has 2 rings (SSSR count). The fraction of sp³-hybridized carbons (Fsp3) is 0.438. The van der Waals surface area contributed by atoms with E-state index in [1.165, 1.54) is 0 Å². The maximum absolute atomic E-state index is 5.50. The van der Waals surface area contributed by atoms with Crippen molar-refractivity contribution in [2.24, 2.45) is 0 Å². The first-order valence-corrected chi connectivity index (χ1v) is 6.78. The van der Waals surface area contributed by atoms with Crippen molar-refractivity contribution in [1.82, 2.24) is 9.78 Å². The monoisotopic (exact) mass is 469 g/mol. The Bertz CT molecular complexity index is 599. The van der Waals surface area contributed by atoms with Crippen LogP contribution in [0.2, 0.25) is 0 Å². The van der Waals surface area contributed by atoms with Gasteiger partial charge in [0.05, 0.1) is 25.5 Å². The van der Waals surface area contributed by atoms with Crippen molar-refractivity contribution in [2.75, 3.05) is 14.2 Å². The summed E-state index contributed by atoms with van der Waals surface area (Å²) >= 11 is 0. The number of aromatic nitrogens is 2. The van der Waals surface area contributed by atoms with Crippen LogP contribution in [0.4, 0.5) is 0 Å². The Morgan fingerprint density at radius 2 is 1.52 bits per heavy atom. The Kier molecular flexibility index (Phi) is 6.03. The zero-order valence-electron chi connectivity index (χ0n) is 13.3. The molecule has 0 N–H and O–H groups in total. The summed E-state index contributed by atoms with van der Waals surface area (Å²) in [6, 6.07) is 6.15. The van der Waals surface area contributed by atoms with Gasteiger partial charge in [-0.3, -0.25) is 4.68 Å². The van der Waals surface area contributed by atoms with Crippen LogP contribution in [-0.4, -0.2) is 24.0 Å². The standard InChI is InChI=1S/C16H22N2O2.Pt/c1-10(2)18-12(4)15(11(3)17-18)16-13(19-5)8-7-9-14(16)20-6;/h7-10H,1-6H3;. The minimum atomic E-state index is 0. The second-order valence-corrected chi connectivity index (χ2v) is 5.12. The second kappa shape index (κ2) is 7.13. The average Bonchev–Trinajstić information content (AvgIpc) is 2.73. The van der Waals surface area contributed by atoms with E-state index in [9.17, 15) is 0 Å². The predicted octanol–water partition coefficient (Wildman–Crippen LogP) is 3.76. The van der Waals surface area contributed by atoms with Crippen LogP contribution in [0.1, 0.15) is 31.3 Å². The van der Waals surface area contributed by atoms with Gasteiger partial charge in [-0.1, -0.05) is 6.07 Å². The molecule has 0 saturated carbocycles. The number of hydrogen-bond donors (Lipinski definition) is 0. The summed E-state index contributed by atoms with van der Waals surface area (Å²) in [6.45, 7) is 8.36. The van der Waals surface area contributed by atoms with E-state index in [1.807, 2.05) is 29.8 Å². The van der Waals surface area contributed by atoms with Gasteiger partial charge in [0, 0.05) is 38.4 Å². The maximum Gasteiger partial charge on any atom is 0.130 e. The van der Waals surface area contributed by atoms with Crippen LogP contribution in [0.5, 0.6) is 11.5 Å². The molecule has 2 aromatic rings. The third kappa shape index (κ3) is 3.16. The van der Waals surface area contributed by atoms with Crippen LogP contribution in [0, 0.1) is 13.8 Å². The van der Waals surface area contributed by atoms with Crippen LogP contribution < -0.4 is 9.47 Å². The van der Waals surface area contributed by atoms with E-state index < -0.39 is 0 Å². The minimum Gasteiger partial charge on any atom is -0.496 e. The normalized spacial score (nSPS) is 10.4. The molecule has 1 heterocycles. The number of methoxy groups -OCH3 is 2. The Morgan fingerprint density at radius 3 is 1.90 bits per heavy atom. The van der Waals surface area contributed by atoms with Gasteiger partial charge < -0.3 is 9.47 Å². The van der Waals surface area contributed by atoms with Crippen LogP contribution in [0.25, 0.3) is 11.1 Å². The van der Waals surface area contributed by atoms with Crippen LogP contribution in [0.3, 0.4) is 0 Å². The summed E-state index contributed by atoms with van der Waals surface area (Å²) in [5.41, 5.74) is 4.17. The van der Waals surface area contributed by atoms with Crippen molar-refractivity contribution in [3.8, 4) is 22.6 Å². The summed E-state index contributed by atoms with van der Waals surface area (Å²) in [6.07, 6.45) is 0. The van der Waals surface area contributed by atoms with Crippen LogP contribution in [0.15, 0.2) is 18.2 Å². The molecule has 0 atom stereocenters. The fourth-order valence-corrected chi connectivity index (χ4v) is 2.63. The molecule has 21 heavy (non-hydrogen) atoms. The van der Waals surface area contributed by atoms with Crippen LogP contribution in [-0.2, 0) is 21.1 Å². The zero-order valence-corrected chi connectivity index (χ0v) is 15.6. The van der Waals surface area contributed by atoms with Gasteiger partial charge in [-0.05, 0) is 39.8 Å². The van der Waals surface area contributed by atoms with Crippen molar-refractivity contribution in [3.05, 3.63) is 29.6 Å². The van der Waals surface area contributed by atoms with Gasteiger partial charge in [0.25, 0.3) is 0 Å². The van der Waals surface area contributed by atoms with E-state index in [2.05, 4.69) is 25.9 Å². The third-order valence-electron chi connectivity index (χ3n) is 3.49. The summed E-state index contributed by atoms with van der Waals surface area (Å²) < 4.78 is 13.0. The molecular weight excluding hydrogens is 447 g/mol. The molecule has 0 radical (unpaired) electrons. The Hall–Kier alpha value is -1.28. The molecule has 0 unspecified atom stereocenters. The smallest absolute Gasteiger partial charge is 0.130 e. The molecule has 1 aromatic heterocycles. The van der Waals surface area contributed by atoms with E-state index in [-0.39, 0.29) is 21.1 Å². The van der Waals surface area contributed by atoms with E-state index in [0.717, 1.165) is 34.0 Å². The van der Waals surface area contributed by atoms with Gasteiger partial charge in [-0.25, -0.2) is 0 Å².